The van der Waals surface area contributed by atoms with Gasteiger partial charge in [-0.1, -0.05) is 0 Å². The van der Waals surface area contributed by atoms with Crippen molar-refractivity contribution in [2.45, 2.75) is 0 Å². The average Bonchev–Trinajstić information content (AvgIpc) is 2.68. The number of hydrogen-bond donors (Lipinski definition) is 2. The topological polar surface area (TPSA) is 99.5 Å². The van der Waals surface area contributed by atoms with Gasteiger partial charge in [-0.15, -0.1) is 0 Å². The molecular formula is C16H21N7O2. The number of nitrogens with one attached hydrogen (secondary N) is 2. The predicted octanol–water partition coefficient (Wildman–Crippen LogP) is 0.357. The molecule has 0 unspecified atom stereocenters. The van der Waals surface area contributed by atoms with Crippen LogP contribution in [0.1, 0.15) is 0 Å². The Balaban J connectivity index is 1.81. The molecule has 132 valence electrons. The van der Waals surface area contributed by atoms with E-state index in [4.69, 9.17) is 9.97 Å². The summed E-state index contributed by atoms with van der Waals surface area (Å²) in [7, 11) is 0. The fraction of sp³-hybridized carbons (Fsp3) is 0.500. The van der Waals surface area contributed by atoms with Crippen molar-refractivity contribution in [2.24, 2.45) is 0 Å². The fourth-order valence-corrected chi connectivity index (χ4v) is 3.32. The molecule has 2 fully saturated rings. The maximum Gasteiger partial charge on any atom is 0.271 e. The molecule has 9 heteroatoms. The Morgan fingerprint density at radius 1 is 0.880 bits per heavy atom. The van der Waals surface area contributed by atoms with Crippen LogP contribution < -0.4 is 20.4 Å². The summed E-state index contributed by atoms with van der Waals surface area (Å²) in [5.41, 5.74) is 1.31. The zero-order valence-electron chi connectivity index (χ0n) is 13.9. The number of nitro benzene ring substituents is 1. The van der Waals surface area contributed by atoms with E-state index in [9.17, 15) is 10.1 Å². The lowest BCUT2D eigenvalue weighted by Crippen LogP contribution is -2.47. The largest absolute Gasteiger partial charge is 0.351 e. The highest BCUT2D eigenvalue weighted by molar-refractivity contribution is 5.83. The molecule has 0 bridgehead atoms. The van der Waals surface area contributed by atoms with E-state index in [1.54, 1.807) is 6.07 Å². The van der Waals surface area contributed by atoms with Gasteiger partial charge in [-0.05, 0) is 6.07 Å². The number of rotatable bonds is 3. The van der Waals surface area contributed by atoms with E-state index in [-0.39, 0.29) is 5.69 Å². The lowest BCUT2D eigenvalue weighted by atomic mass is 10.2. The van der Waals surface area contributed by atoms with E-state index in [0.29, 0.717) is 11.0 Å². The Labute approximate surface area is 145 Å². The van der Waals surface area contributed by atoms with Crippen molar-refractivity contribution in [2.75, 3.05) is 62.2 Å². The second-order valence-electron chi connectivity index (χ2n) is 6.28. The number of anilines is 2. The van der Waals surface area contributed by atoms with Gasteiger partial charge in [0.2, 0.25) is 0 Å². The van der Waals surface area contributed by atoms with E-state index >= 15 is 0 Å². The summed E-state index contributed by atoms with van der Waals surface area (Å²) in [6.07, 6.45) is 0. The molecule has 0 spiro atoms. The number of piperazine rings is 2. The molecule has 2 aromatic rings. The van der Waals surface area contributed by atoms with Crippen LogP contribution >= 0.6 is 0 Å². The maximum atomic E-state index is 11.1. The van der Waals surface area contributed by atoms with Crippen LogP contribution in [0.4, 0.5) is 17.3 Å². The van der Waals surface area contributed by atoms with Crippen LogP contribution in [-0.2, 0) is 0 Å². The number of fused-ring (bicyclic) bond motifs is 1. The number of nitro groups is 1. The standard InChI is InChI=1S/C16H21N7O2/c24-23(25)12-1-2-13-14(11-12)20-16(22-9-5-18-6-10-22)15(19-13)21-7-3-17-4-8-21/h1-2,11,17-18H,3-10H2. The van der Waals surface area contributed by atoms with Crippen molar-refractivity contribution >= 4 is 28.4 Å². The molecule has 0 aliphatic carbocycles. The average molecular weight is 343 g/mol. The summed E-state index contributed by atoms with van der Waals surface area (Å²) in [5.74, 6) is 1.71. The Morgan fingerprint density at radius 2 is 1.40 bits per heavy atom. The zero-order chi connectivity index (χ0) is 17.2. The van der Waals surface area contributed by atoms with Crippen molar-refractivity contribution < 1.29 is 4.92 Å². The molecule has 25 heavy (non-hydrogen) atoms. The monoisotopic (exact) mass is 343 g/mol. The van der Waals surface area contributed by atoms with Gasteiger partial charge in [0.25, 0.3) is 5.69 Å². The second-order valence-corrected chi connectivity index (χ2v) is 6.28. The number of aromatic nitrogens is 2. The van der Waals surface area contributed by atoms with Crippen LogP contribution in [0.15, 0.2) is 18.2 Å². The molecule has 9 nitrogen and oxygen atoms in total. The minimum Gasteiger partial charge on any atom is -0.351 e. The highest BCUT2D eigenvalue weighted by Crippen LogP contribution is 2.30. The molecule has 0 radical (unpaired) electrons. The van der Waals surface area contributed by atoms with E-state index in [0.717, 1.165) is 64.0 Å². The molecule has 1 aromatic carbocycles. The van der Waals surface area contributed by atoms with Crippen molar-refractivity contribution in [3.63, 3.8) is 0 Å². The van der Waals surface area contributed by atoms with Gasteiger partial charge in [0.15, 0.2) is 11.6 Å². The summed E-state index contributed by atoms with van der Waals surface area (Å²) in [6, 6.07) is 4.69. The van der Waals surface area contributed by atoms with Crippen LogP contribution in [0.25, 0.3) is 11.0 Å². The summed E-state index contributed by atoms with van der Waals surface area (Å²) >= 11 is 0. The minimum atomic E-state index is -0.393. The van der Waals surface area contributed by atoms with Crippen LogP contribution in [0.3, 0.4) is 0 Å². The Kier molecular flexibility index (Phi) is 4.33. The van der Waals surface area contributed by atoms with Crippen LogP contribution in [0, 0.1) is 10.1 Å². The van der Waals surface area contributed by atoms with Crippen molar-refractivity contribution in [3.8, 4) is 0 Å². The number of non-ortho nitro benzene ring substituents is 1. The summed E-state index contributed by atoms with van der Waals surface area (Å²) in [4.78, 5) is 24.8. The number of benzene rings is 1. The smallest absolute Gasteiger partial charge is 0.271 e. The van der Waals surface area contributed by atoms with Gasteiger partial charge in [-0.2, -0.15) is 0 Å². The highest BCUT2D eigenvalue weighted by atomic mass is 16.6. The molecule has 2 N–H and O–H groups in total. The quantitative estimate of drug-likeness (QED) is 0.609. The fourth-order valence-electron chi connectivity index (χ4n) is 3.32. The Hall–Kier alpha value is -2.52. The maximum absolute atomic E-state index is 11.1. The third-order valence-corrected chi connectivity index (χ3v) is 4.66. The van der Waals surface area contributed by atoms with Crippen molar-refractivity contribution in [1.82, 2.24) is 20.6 Å². The van der Waals surface area contributed by atoms with Gasteiger partial charge < -0.3 is 20.4 Å². The first kappa shape index (κ1) is 16.0. The summed E-state index contributed by atoms with van der Waals surface area (Å²) in [5, 5.41) is 17.8. The summed E-state index contributed by atoms with van der Waals surface area (Å²) < 4.78 is 0. The SMILES string of the molecule is O=[N+]([O-])c1ccc2nc(N3CCNCC3)c(N3CCNCC3)nc2c1. The first-order chi connectivity index (χ1) is 12.2. The normalized spacial score (nSPS) is 18.6. The molecule has 2 aliphatic heterocycles. The molecule has 1 aromatic heterocycles. The molecule has 3 heterocycles. The first-order valence-corrected chi connectivity index (χ1v) is 8.60. The third kappa shape index (κ3) is 3.20. The second kappa shape index (κ2) is 6.77. The van der Waals surface area contributed by atoms with E-state index in [2.05, 4.69) is 20.4 Å². The molecule has 4 rings (SSSR count). The first-order valence-electron chi connectivity index (χ1n) is 8.60. The number of nitrogens with zero attached hydrogens (tertiary/aromatic N) is 5. The summed E-state index contributed by atoms with van der Waals surface area (Å²) in [6.45, 7) is 7.11. The van der Waals surface area contributed by atoms with Gasteiger partial charge in [0, 0.05) is 64.5 Å². The van der Waals surface area contributed by atoms with Crippen molar-refractivity contribution in [3.05, 3.63) is 28.3 Å². The van der Waals surface area contributed by atoms with Gasteiger partial charge in [0.05, 0.1) is 16.0 Å². The van der Waals surface area contributed by atoms with Crippen molar-refractivity contribution in [1.29, 1.82) is 0 Å². The van der Waals surface area contributed by atoms with E-state index in [1.165, 1.54) is 12.1 Å². The highest BCUT2D eigenvalue weighted by Gasteiger charge is 2.23. The lowest BCUT2D eigenvalue weighted by molar-refractivity contribution is -0.384. The van der Waals surface area contributed by atoms with Gasteiger partial charge in [-0.3, -0.25) is 10.1 Å². The third-order valence-electron chi connectivity index (χ3n) is 4.66. The minimum absolute atomic E-state index is 0.0444. The molecule has 0 saturated carbocycles. The van der Waals surface area contributed by atoms with Crippen LogP contribution in [0.5, 0.6) is 0 Å². The molecule has 2 aliphatic rings. The Bertz CT molecular complexity index is 785. The van der Waals surface area contributed by atoms with E-state index < -0.39 is 4.92 Å². The molecular weight excluding hydrogens is 322 g/mol. The Morgan fingerprint density at radius 3 is 1.92 bits per heavy atom. The lowest BCUT2D eigenvalue weighted by Gasteiger charge is -2.34. The van der Waals surface area contributed by atoms with Crippen LogP contribution in [0.2, 0.25) is 0 Å². The zero-order valence-corrected chi connectivity index (χ0v) is 13.9. The van der Waals surface area contributed by atoms with E-state index in [1.807, 2.05) is 0 Å². The molecule has 0 amide bonds. The predicted molar refractivity (Wildman–Crippen MR) is 96.4 cm³/mol. The van der Waals surface area contributed by atoms with Gasteiger partial charge >= 0.3 is 0 Å². The van der Waals surface area contributed by atoms with Gasteiger partial charge in [-0.25, -0.2) is 9.97 Å². The molecule has 2 saturated heterocycles. The van der Waals surface area contributed by atoms with Gasteiger partial charge in [0.1, 0.15) is 0 Å². The number of hydrogen-bond acceptors (Lipinski definition) is 8. The van der Waals surface area contributed by atoms with Crippen LogP contribution in [-0.4, -0.2) is 67.2 Å². The molecule has 0 atom stereocenters.